The summed E-state index contributed by atoms with van der Waals surface area (Å²) in [5.74, 6) is 0. The number of benzene rings is 1. The lowest BCUT2D eigenvalue weighted by Gasteiger charge is -2.35. The first-order valence-electron chi connectivity index (χ1n) is 7.53. The van der Waals surface area contributed by atoms with Gasteiger partial charge < -0.3 is 4.74 Å². The summed E-state index contributed by atoms with van der Waals surface area (Å²) in [4.78, 5) is 2.25. The number of hydrogen-bond donors (Lipinski definition) is 1. The summed E-state index contributed by atoms with van der Waals surface area (Å²) in [6, 6.07) is 12.7. The Hall–Kier alpha value is -1.41. The molecule has 0 aliphatic rings. The molecule has 0 fully saturated rings. The lowest BCUT2D eigenvalue weighted by Crippen LogP contribution is -2.53. The van der Waals surface area contributed by atoms with E-state index < -0.39 is 5.54 Å². The van der Waals surface area contributed by atoms with E-state index >= 15 is 0 Å². The third-order valence-electron chi connectivity index (χ3n) is 3.51. The van der Waals surface area contributed by atoms with E-state index in [1.165, 1.54) is 0 Å². The van der Waals surface area contributed by atoms with Gasteiger partial charge in [0.25, 0.3) is 0 Å². The highest BCUT2D eigenvalue weighted by molar-refractivity contribution is 5.32. The molecule has 0 bridgehead atoms. The molecule has 0 saturated heterocycles. The smallest absolute Gasteiger partial charge is 0.145 e. The van der Waals surface area contributed by atoms with Crippen molar-refractivity contribution in [3.05, 3.63) is 35.9 Å². The fourth-order valence-electron chi connectivity index (χ4n) is 2.47. The maximum absolute atomic E-state index is 9.88. The molecule has 0 aliphatic heterocycles. The second kappa shape index (κ2) is 8.78. The van der Waals surface area contributed by atoms with Gasteiger partial charge in [-0.15, -0.1) is 0 Å². The van der Waals surface area contributed by atoms with Crippen LogP contribution >= 0.6 is 0 Å². The molecule has 0 aliphatic carbocycles. The van der Waals surface area contributed by atoms with Crippen molar-refractivity contribution >= 4 is 0 Å². The van der Waals surface area contributed by atoms with Gasteiger partial charge in [-0.3, -0.25) is 10.2 Å². The molecule has 1 unspecified atom stereocenters. The highest BCUT2D eigenvalue weighted by Gasteiger charge is 2.34. The van der Waals surface area contributed by atoms with Crippen LogP contribution in [0.25, 0.3) is 0 Å². The van der Waals surface area contributed by atoms with Crippen molar-refractivity contribution in [1.82, 2.24) is 10.2 Å². The molecule has 116 valence electrons. The van der Waals surface area contributed by atoms with E-state index in [0.29, 0.717) is 13.2 Å². The van der Waals surface area contributed by atoms with Crippen LogP contribution in [-0.4, -0.2) is 44.3 Å². The van der Waals surface area contributed by atoms with Gasteiger partial charge in [0.05, 0.1) is 12.7 Å². The molecule has 0 amide bonds. The Morgan fingerprint density at radius 2 is 2.00 bits per heavy atom. The van der Waals surface area contributed by atoms with Crippen molar-refractivity contribution < 1.29 is 4.74 Å². The summed E-state index contributed by atoms with van der Waals surface area (Å²) in [7, 11) is 1.70. The Morgan fingerprint density at radius 3 is 2.48 bits per heavy atom. The summed E-state index contributed by atoms with van der Waals surface area (Å²) in [5.41, 5.74) is 0.316. The van der Waals surface area contributed by atoms with Crippen LogP contribution in [0.1, 0.15) is 26.3 Å². The Bertz CT molecular complexity index is 441. The monoisotopic (exact) mass is 289 g/mol. The number of nitrogens with one attached hydrogen (secondary N) is 1. The van der Waals surface area contributed by atoms with Crippen molar-refractivity contribution in [3.63, 3.8) is 0 Å². The lowest BCUT2D eigenvalue weighted by molar-refractivity contribution is 0.133. The van der Waals surface area contributed by atoms with E-state index in [1.807, 2.05) is 30.3 Å². The highest BCUT2D eigenvalue weighted by Crippen LogP contribution is 2.23. The first kappa shape index (κ1) is 17.6. The number of rotatable bonds is 9. The number of ether oxygens (including phenoxy) is 1. The van der Waals surface area contributed by atoms with Gasteiger partial charge in [-0.2, -0.15) is 5.26 Å². The van der Waals surface area contributed by atoms with Crippen LogP contribution in [0.3, 0.4) is 0 Å². The van der Waals surface area contributed by atoms with Crippen molar-refractivity contribution in [2.24, 2.45) is 0 Å². The van der Waals surface area contributed by atoms with Gasteiger partial charge in [-0.1, -0.05) is 37.3 Å². The predicted molar refractivity (Wildman–Crippen MR) is 86.0 cm³/mol. The molecule has 0 heterocycles. The van der Waals surface area contributed by atoms with E-state index in [9.17, 15) is 5.26 Å². The number of methoxy groups -OCH3 is 1. The zero-order valence-corrected chi connectivity index (χ0v) is 13.6. The summed E-state index contributed by atoms with van der Waals surface area (Å²) in [6.45, 7) is 9.28. The van der Waals surface area contributed by atoms with E-state index in [1.54, 1.807) is 7.11 Å². The Morgan fingerprint density at radius 1 is 1.33 bits per heavy atom. The van der Waals surface area contributed by atoms with Crippen LogP contribution in [0.5, 0.6) is 0 Å². The summed E-state index contributed by atoms with van der Waals surface area (Å²) in [5, 5.41) is 13.3. The molecule has 0 spiro atoms. The normalized spacial score (nSPS) is 14.1. The predicted octanol–water partition coefficient (Wildman–Crippen LogP) is 2.37. The molecule has 4 heteroatoms. The number of likely N-dealkylation sites (N-methyl/N-ethyl adjacent to an activating group) is 1. The molecular formula is C17H27N3O. The SMILES string of the molecule is CCN(CCOC)CC(C#N)(NC(C)C)c1ccccc1. The number of nitriles is 1. The molecule has 4 nitrogen and oxygen atoms in total. The molecule has 21 heavy (non-hydrogen) atoms. The van der Waals surface area contributed by atoms with Gasteiger partial charge in [0.15, 0.2) is 0 Å². The molecule has 0 saturated carbocycles. The molecule has 0 radical (unpaired) electrons. The van der Waals surface area contributed by atoms with Crippen LogP contribution in [0.2, 0.25) is 0 Å². The summed E-state index contributed by atoms with van der Waals surface area (Å²) < 4.78 is 5.16. The minimum Gasteiger partial charge on any atom is -0.383 e. The highest BCUT2D eigenvalue weighted by atomic mass is 16.5. The van der Waals surface area contributed by atoms with Crippen molar-refractivity contribution in [2.75, 3.05) is 33.4 Å². The lowest BCUT2D eigenvalue weighted by atomic mass is 9.89. The fourth-order valence-corrected chi connectivity index (χ4v) is 2.47. The second-order valence-electron chi connectivity index (χ2n) is 5.54. The van der Waals surface area contributed by atoms with Gasteiger partial charge in [-0.25, -0.2) is 0 Å². The van der Waals surface area contributed by atoms with Crippen LogP contribution < -0.4 is 5.32 Å². The van der Waals surface area contributed by atoms with Crippen molar-refractivity contribution in [1.29, 1.82) is 5.26 Å². The maximum atomic E-state index is 9.88. The van der Waals surface area contributed by atoms with Crippen LogP contribution in [0.4, 0.5) is 0 Å². The van der Waals surface area contributed by atoms with Gasteiger partial charge in [0.1, 0.15) is 5.54 Å². The second-order valence-corrected chi connectivity index (χ2v) is 5.54. The molecular weight excluding hydrogens is 262 g/mol. The van der Waals surface area contributed by atoms with E-state index in [-0.39, 0.29) is 6.04 Å². The third kappa shape index (κ3) is 5.13. The molecule has 1 N–H and O–H groups in total. The Balaban J connectivity index is 3.04. The summed E-state index contributed by atoms with van der Waals surface area (Å²) >= 11 is 0. The van der Waals surface area contributed by atoms with Gasteiger partial charge in [0.2, 0.25) is 0 Å². The molecule has 1 atom stereocenters. The first-order valence-corrected chi connectivity index (χ1v) is 7.53. The molecule has 0 aromatic heterocycles. The van der Waals surface area contributed by atoms with Gasteiger partial charge >= 0.3 is 0 Å². The largest absolute Gasteiger partial charge is 0.383 e. The van der Waals surface area contributed by atoms with Crippen molar-refractivity contribution in [3.8, 4) is 6.07 Å². The van der Waals surface area contributed by atoms with Crippen LogP contribution in [-0.2, 0) is 10.3 Å². The standard InChI is InChI=1S/C17H27N3O/c1-5-20(11-12-21-4)14-17(13-18,19-15(2)3)16-9-7-6-8-10-16/h6-10,15,19H,5,11-12,14H2,1-4H3. The Kier molecular flexibility index (Phi) is 7.38. The first-order chi connectivity index (χ1) is 10.1. The number of nitrogens with zero attached hydrogens (tertiary/aromatic N) is 2. The third-order valence-corrected chi connectivity index (χ3v) is 3.51. The minimum absolute atomic E-state index is 0.228. The average molecular weight is 289 g/mol. The molecule has 1 aromatic carbocycles. The van der Waals surface area contributed by atoms with Gasteiger partial charge in [-0.05, 0) is 26.0 Å². The zero-order valence-electron chi connectivity index (χ0n) is 13.6. The topological polar surface area (TPSA) is 48.3 Å². The molecule has 1 aromatic rings. The van der Waals surface area contributed by atoms with Crippen LogP contribution in [0.15, 0.2) is 30.3 Å². The van der Waals surface area contributed by atoms with E-state index in [2.05, 4.69) is 37.1 Å². The quantitative estimate of drug-likeness (QED) is 0.758. The minimum atomic E-state index is -0.695. The summed E-state index contributed by atoms with van der Waals surface area (Å²) in [6.07, 6.45) is 0. The van der Waals surface area contributed by atoms with Crippen LogP contribution in [0, 0.1) is 11.3 Å². The fraction of sp³-hybridized carbons (Fsp3) is 0.588. The van der Waals surface area contributed by atoms with Crippen molar-refractivity contribution in [2.45, 2.75) is 32.4 Å². The van der Waals surface area contributed by atoms with E-state index in [4.69, 9.17) is 4.74 Å². The zero-order chi connectivity index (χ0) is 15.7. The maximum Gasteiger partial charge on any atom is 0.145 e. The number of hydrogen-bond acceptors (Lipinski definition) is 4. The molecule has 1 rings (SSSR count). The Labute approximate surface area is 128 Å². The average Bonchev–Trinajstić information content (AvgIpc) is 2.50. The van der Waals surface area contributed by atoms with Gasteiger partial charge in [0, 0.05) is 26.2 Å². The van der Waals surface area contributed by atoms with E-state index in [0.717, 1.165) is 18.7 Å².